The summed E-state index contributed by atoms with van der Waals surface area (Å²) >= 11 is 3.74. The zero-order valence-corrected chi connectivity index (χ0v) is 29.3. The van der Waals surface area contributed by atoms with Crippen molar-refractivity contribution >= 4 is 45.3 Å². The molecule has 0 N–H and O–H groups in total. The van der Waals surface area contributed by atoms with E-state index in [1.54, 1.807) is 0 Å². The van der Waals surface area contributed by atoms with Crippen molar-refractivity contribution in [1.82, 2.24) is 4.57 Å². The largest absolute Gasteiger partial charge is 0.309 e. The second-order valence-corrected chi connectivity index (χ2v) is 15.0. The van der Waals surface area contributed by atoms with Gasteiger partial charge in [0.2, 0.25) is 0 Å². The highest BCUT2D eigenvalue weighted by Gasteiger charge is 2.23. The van der Waals surface area contributed by atoms with Crippen LogP contribution in [0.5, 0.6) is 0 Å². The van der Waals surface area contributed by atoms with Gasteiger partial charge in [-0.2, -0.15) is 0 Å². The summed E-state index contributed by atoms with van der Waals surface area (Å²) in [6, 6.07) is 68.8. The maximum Gasteiger partial charge on any atom is 0.0547 e. The first-order valence-corrected chi connectivity index (χ1v) is 18.9. The molecule has 0 atom stereocenters. The first-order valence-electron chi connectivity index (χ1n) is 17.3. The molecule has 51 heavy (non-hydrogen) atoms. The average molecular weight is 686 g/mol. The molecule has 10 rings (SSSR count). The fourth-order valence-corrected chi connectivity index (χ4v) is 9.82. The van der Waals surface area contributed by atoms with Crippen LogP contribution in [-0.2, 0) is 0 Å². The van der Waals surface area contributed by atoms with Gasteiger partial charge in [-0.15, -0.1) is 0 Å². The summed E-state index contributed by atoms with van der Waals surface area (Å²) in [6.07, 6.45) is 0. The van der Waals surface area contributed by atoms with E-state index in [1.165, 1.54) is 85.9 Å². The van der Waals surface area contributed by atoms with Crippen LogP contribution in [0.4, 0.5) is 0 Å². The Bertz CT molecular complexity index is 2740. The third-order valence-corrected chi connectivity index (χ3v) is 12.2. The summed E-state index contributed by atoms with van der Waals surface area (Å²) in [5, 5.41) is 2.52. The van der Waals surface area contributed by atoms with Crippen molar-refractivity contribution in [2.75, 3.05) is 0 Å². The summed E-state index contributed by atoms with van der Waals surface area (Å²) < 4.78 is 2.41. The second-order valence-electron chi connectivity index (χ2n) is 12.9. The number of nitrogens with zero attached hydrogens (tertiary/aromatic N) is 1. The molecule has 0 saturated carbocycles. The van der Waals surface area contributed by atoms with Crippen molar-refractivity contribution < 1.29 is 0 Å². The van der Waals surface area contributed by atoms with E-state index in [0.717, 1.165) is 5.69 Å². The fraction of sp³-hybridized carbons (Fsp3) is 0. The van der Waals surface area contributed by atoms with Crippen LogP contribution in [0.2, 0.25) is 0 Å². The van der Waals surface area contributed by atoms with Crippen molar-refractivity contribution in [3.8, 4) is 50.2 Å². The highest BCUT2D eigenvalue weighted by molar-refractivity contribution is 8.00. The Morgan fingerprint density at radius 2 is 0.902 bits per heavy atom. The van der Waals surface area contributed by atoms with Crippen molar-refractivity contribution in [3.63, 3.8) is 0 Å². The second kappa shape index (κ2) is 12.5. The third-order valence-electron chi connectivity index (χ3n) is 9.89. The molecule has 0 unspecified atom stereocenters. The maximum atomic E-state index is 2.41. The lowest BCUT2D eigenvalue weighted by molar-refractivity contribution is 1.18. The standard InChI is InChI=1S/C48H31NS2/c1-3-14-32(15-4-1)33-26-29-41-47(31-33)51-45-24-12-9-20-40(45)39-19-8-11-23-44(39)50-46-25-13-21-36(48(41)46)34-27-28-38-37-18-7-10-22-42(37)49(43(38)30-34)35-16-5-2-6-17-35/h1-31H. The van der Waals surface area contributed by atoms with Gasteiger partial charge in [0, 0.05) is 41.6 Å². The number of hydrogen-bond acceptors (Lipinski definition) is 2. The van der Waals surface area contributed by atoms with Crippen LogP contribution in [-0.4, -0.2) is 4.57 Å². The molecular weight excluding hydrogens is 655 g/mol. The van der Waals surface area contributed by atoms with Crippen LogP contribution in [0.1, 0.15) is 0 Å². The van der Waals surface area contributed by atoms with E-state index in [0.29, 0.717) is 0 Å². The molecule has 3 heteroatoms. The van der Waals surface area contributed by atoms with Crippen LogP contribution in [0.3, 0.4) is 0 Å². The lowest BCUT2D eigenvalue weighted by Crippen LogP contribution is -1.96. The molecule has 0 fully saturated rings. The maximum absolute atomic E-state index is 2.41. The molecule has 1 aliphatic rings. The van der Waals surface area contributed by atoms with Crippen LogP contribution in [0, 0.1) is 0 Å². The Labute approximate surface area is 306 Å². The Morgan fingerprint density at radius 1 is 0.314 bits per heavy atom. The van der Waals surface area contributed by atoms with Crippen molar-refractivity contribution in [2.24, 2.45) is 0 Å². The van der Waals surface area contributed by atoms with E-state index in [2.05, 4.69) is 193 Å². The molecule has 0 amide bonds. The van der Waals surface area contributed by atoms with E-state index < -0.39 is 0 Å². The van der Waals surface area contributed by atoms with Gasteiger partial charge in [-0.1, -0.05) is 163 Å². The van der Waals surface area contributed by atoms with Gasteiger partial charge in [0.25, 0.3) is 0 Å². The Balaban J connectivity index is 1.25. The molecule has 1 aromatic heterocycles. The third kappa shape index (κ3) is 5.20. The zero-order valence-electron chi connectivity index (χ0n) is 27.7. The molecule has 0 saturated heterocycles. The molecule has 0 aliphatic carbocycles. The number of rotatable bonds is 3. The molecule has 9 aromatic rings. The summed E-state index contributed by atoms with van der Waals surface area (Å²) in [5.74, 6) is 0. The lowest BCUT2D eigenvalue weighted by atomic mass is 9.92. The van der Waals surface area contributed by atoms with Crippen LogP contribution in [0.25, 0.3) is 72.0 Å². The fourth-order valence-electron chi connectivity index (χ4n) is 7.54. The first-order chi connectivity index (χ1) is 25.3. The monoisotopic (exact) mass is 685 g/mol. The molecule has 240 valence electrons. The van der Waals surface area contributed by atoms with Gasteiger partial charge in [0.1, 0.15) is 0 Å². The van der Waals surface area contributed by atoms with E-state index in [4.69, 9.17) is 0 Å². The van der Waals surface area contributed by atoms with Crippen LogP contribution in [0.15, 0.2) is 208 Å². The Hall–Kier alpha value is -5.74. The number of hydrogen-bond donors (Lipinski definition) is 0. The number of fused-ring (bicyclic) bond motifs is 9. The van der Waals surface area contributed by atoms with E-state index in [-0.39, 0.29) is 0 Å². The Kier molecular flexibility index (Phi) is 7.41. The summed E-state index contributed by atoms with van der Waals surface area (Å²) in [6.45, 7) is 0. The summed E-state index contributed by atoms with van der Waals surface area (Å²) in [7, 11) is 0. The molecule has 1 aliphatic heterocycles. The molecular formula is C48H31NS2. The smallest absolute Gasteiger partial charge is 0.0547 e. The van der Waals surface area contributed by atoms with Gasteiger partial charge >= 0.3 is 0 Å². The van der Waals surface area contributed by atoms with Crippen LogP contribution >= 0.6 is 23.5 Å². The molecule has 0 radical (unpaired) electrons. The lowest BCUT2D eigenvalue weighted by Gasteiger charge is -2.22. The zero-order chi connectivity index (χ0) is 33.7. The van der Waals surface area contributed by atoms with Gasteiger partial charge in [-0.05, 0) is 87.5 Å². The predicted molar refractivity (Wildman–Crippen MR) is 217 cm³/mol. The molecule has 1 nitrogen and oxygen atoms in total. The number of aromatic nitrogens is 1. The molecule has 0 bridgehead atoms. The first kappa shape index (κ1) is 30.1. The van der Waals surface area contributed by atoms with E-state index in [1.807, 2.05) is 23.5 Å². The summed E-state index contributed by atoms with van der Waals surface area (Å²) in [4.78, 5) is 5.01. The average Bonchev–Trinajstić information content (AvgIpc) is 3.53. The normalized spacial score (nSPS) is 12.2. The minimum absolute atomic E-state index is 1.16. The SMILES string of the molecule is c1ccc(-c2ccc3c(c2)Sc2ccccc2-c2ccccc2Sc2cccc(-c4ccc5c6ccccc6n(-c6ccccc6)c5c4)c2-3)cc1. The van der Waals surface area contributed by atoms with Crippen molar-refractivity contribution in [2.45, 2.75) is 19.6 Å². The highest BCUT2D eigenvalue weighted by atomic mass is 32.2. The molecule has 2 heterocycles. The van der Waals surface area contributed by atoms with Crippen molar-refractivity contribution in [3.05, 3.63) is 188 Å². The number of para-hydroxylation sites is 2. The van der Waals surface area contributed by atoms with E-state index >= 15 is 0 Å². The topological polar surface area (TPSA) is 4.93 Å². The van der Waals surface area contributed by atoms with Gasteiger partial charge in [-0.25, -0.2) is 0 Å². The molecule has 8 aromatic carbocycles. The minimum atomic E-state index is 1.16. The Morgan fingerprint density at radius 3 is 1.69 bits per heavy atom. The van der Waals surface area contributed by atoms with Gasteiger partial charge in [0.05, 0.1) is 11.0 Å². The van der Waals surface area contributed by atoms with Crippen LogP contribution < -0.4 is 0 Å². The highest BCUT2D eigenvalue weighted by Crippen LogP contribution is 2.52. The van der Waals surface area contributed by atoms with E-state index in [9.17, 15) is 0 Å². The molecule has 0 spiro atoms. The van der Waals surface area contributed by atoms with Crippen molar-refractivity contribution in [1.29, 1.82) is 0 Å². The van der Waals surface area contributed by atoms with Gasteiger partial charge in [0.15, 0.2) is 0 Å². The summed E-state index contributed by atoms with van der Waals surface area (Å²) in [5.41, 5.74) is 13.5. The predicted octanol–water partition coefficient (Wildman–Crippen LogP) is 14.1. The van der Waals surface area contributed by atoms with Gasteiger partial charge < -0.3 is 4.57 Å². The minimum Gasteiger partial charge on any atom is -0.309 e. The quantitative estimate of drug-likeness (QED) is 0.182. The number of benzene rings is 8. The van der Waals surface area contributed by atoms with Gasteiger partial charge in [-0.3, -0.25) is 0 Å².